The molecule has 2 atom stereocenters. The summed E-state index contributed by atoms with van der Waals surface area (Å²) in [5, 5.41) is 3.49. The number of carbonyl (C=O) groups is 1. The number of halogens is 1. The monoisotopic (exact) mass is 278 g/mol. The molecule has 0 aromatic heterocycles. The zero-order chi connectivity index (χ0) is 14.7. The summed E-state index contributed by atoms with van der Waals surface area (Å²) in [6.07, 6.45) is 1.06. The molecule has 1 aromatic rings. The molecule has 0 saturated carbocycles. The lowest BCUT2D eigenvalue weighted by atomic mass is 9.99. The lowest BCUT2D eigenvalue weighted by Crippen LogP contribution is -2.57. The Labute approximate surface area is 120 Å². The largest absolute Gasteiger partial charge is 0.333 e. The fourth-order valence-corrected chi connectivity index (χ4v) is 2.70. The van der Waals surface area contributed by atoms with Crippen LogP contribution in [0.5, 0.6) is 0 Å². The van der Waals surface area contributed by atoms with Gasteiger partial charge in [-0.05, 0) is 43.5 Å². The Hall–Kier alpha value is -1.42. The van der Waals surface area contributed by atoms with Crippen molar-refractivity contribution >= 4 is 5.91 Å². The van der Waals surface area contributed by atoms with E-state index in [4.69, 9.17) is 0 Å². The van der Waals surface area contributed by atoms with E-state index >= 15 is 0 Å². The van der Waals surface area contributed by atoms with E-state index in [1.54, 1.807) is 12.1 Å². The summed E-state index contributed by atoms with van der Waals surface area (Å²) >= 11 is 0. The van der Waals surface area contributed by atoms with Crippen LogP contribution in [0.15, 0.2) is 24.3 Å². The predicted octanol–water partition coefficient (Wildman–Crippen LogP) is 2.67. The van der Waals surface area contributed by atoms with Crippen LogP contribution in [0, 0.1) is 11.7 Å². The van der Waals surface area contributed by atoms with Crippen LogP contribution in [0.3, 0.4) is 0 Å². The lowest BCUT2D eigenvalue weighted by Gasteiger charge is -2.39. The maximum Gasteiger partial charge on any atom is 0.254 e. The molecule has 0 bridgehead atoms. The SMILES string of the molecule is CC(C)CC1CN(C(=O)c2ccc(F)cc2)C(C)CN1. The minimum Gasteiger partial charge on any atom is -0.333 e. The number of benzene rings is 1. The van der Waals surface area contributed by atoms with E-state index in [0.29, 0.717) is 17.5 Å². The van der Waals surface area contributed by atoms with Crippen LogP contribution in [0.4, 0.5) is 4.39 Å². The highest BCUT2D eigenvalue weighted by Crippen LogP contribution is 2.16. The van der Waals surface area contributed by atoms with Crippen molar-refractivity contribution in [2.45, 2.75) is 39.3 Å². The van der Waals surface area contributed by atoms with Gasteiger partial charge in [-0.2, -0.15) is 0 Å². The van der Waals surface area contributed by atoms with Crippen molar-refractivity contribution in [3.05, 3.63) is 35.6 Å². The highest BCUT2D eigenvalue weighted by molar-refractivity contribution is 5.94. The Morgan fingerprint density at radius 1 is 1.40 bits per heavy atom. The molecular weight excluding hydrogens is 255 g/mol. The molecule has 1 N–H and O–H groups in total. The first-order valence-electron chi connectivity index (χ1n) is 7.27. The molecule has 1 aromatic carbocycles. The molecule has 1 aliphatic rings. The number of nitrogens with zero attached hydrogens (tertiary/aromatic N) is 1. The predicted molar refractivity (Wildman–Crippen MR) is 78.1 cm³/mol. The Bertz CT molecular complexity index is 458. The molecule has 4 heteroatoms. The van der Waals surface area contributed by atoms with E-state index in [-0.39, 0.29) is 17.8 Å². The van der Waals surface area contributed by atoms with Gasteiger partial charge in [-0.15, -0.1) is 0 Å². The van der Waals surface area contributed by atoms with Crippen LogP contribution < -0.4 is 5.32 Å². The fourth-order valence-electron chi connectivity index (χ4n) is 2.70. The average Bonchev–Trinajstić information content (AvgIpc) is 2.40. The van der Waals surface area contributed by atoms with Crippen LogP contribution in [0.1, 0.15) is 37.6 Å². The topological polar surface area (TPSA) is 32.3 Å². The summed E-state index contributed by atoms with van der Waals surface area (Å²) in [4.78, 5) is 14.4. The second kappa shape index (κ2) is 6.35. The summed E-state index contributed by atoms with van der Waals surface area (Å²) in [7, 11) is 0. The zero-order valence-electron chi connectivity index (χ0n) is 12.4. The molecule has 3 nitrogen and oxygen atoms in total. The smallest absolute Gasteiger partial charge is 0.254 e. The first-order chi connectivity index (χ1) is 9.47. The second-order valence-electron chi connectivity index (χ2n) is 6.05. The first-order valence-corrected chi connectivity index (χ1v) is 7.27. The molecule has 110 valence electrons. The van der Waals surface area contributed by atoms with Crippen LogP contribution in [0.25, 0.3) is 0 Å². The number of hydrogen-bond acceptors (Lipinski definition) is 2. The number of amides is 1. The van der Waals surface area contributed by atoms with E-state index < -0.39 is 0 Å². The van der Waals surface area contributed by atoms with Crippen LogP contribution in [-0.2, 0) is 0 Å². The molecule has 1 heterocycles. The summed E-state index contributed by atoms with van der Waals surface area (Å²) in [6.45, 7) is 7.94. The molecule has 1 aliphatic heterocycles. The van der Waals surface area contributed by atoms with E-state index in [1.807, 2.05) is 11.8 Å². The maximum atomic E-state index is 12.9. The fraction of sp³-hybridized carbons (Fsp3) is 0.562. The summed E-state index contributed by atoms with van der Waals surface area (Å²) in [6, 6.07) is 6.30. The van der Waals surface area contributed by atoms with Crippen molar-refractivity contribution in [1.29, 1.82) is 0 Å². The number of hydrogen-bond donors (Lipinski definition) is 1. The second-order valence-corrected chi connectivity index (χ2v) is 6.05. The Morgan fingerprint density at radius 2 is 2.05 bits per heavy atom. The van der Waals surface area contributed by atoms with Crippen molar-refractivity contribution in [1.82, 2.24) is 10.2 Å². The lowest BCUT2D eigenvalue weighted by molar-refractivity contribution is 0.0595. The third-order valence-corrected chi connectivity index (χ3v) is 3.76. The van der Waals surface area contributed by atoms with Gasteiger partial charge in [0.05, 0.1) is 0 Å². The first kappa shape index (κ1) is 15.0. The molecule has 2 unspecified atom stereocenters. The number of carbonyl (C=O) groups excluding carboxylic acids is 1. The number of rotatable bonds is 3. The van der Waals surface area contributed by atoms with Gasteiger partial charge in [0, 0.05) is 30.7 Å². The third-order valence-electron chi connectivity index (χ3n) is 3.76. The number of piperazine rings is 1. The van der Waals surface area contributed by atoms with Gasteiger partial charge in [0.1, 0.15) is 5.82 Å². The summed E-state index contributed by atoms with van der Waals surface area (Å²) in [5.41, 5.74) is 0.559. The van der Waals surface area contributed by atoms with E-state index in [9.17, 15) is 9.18 Å². The Kier molecular flexibility index (Phi) is 4.76. The Morgan fingerprint density at radius 3 is 2.65 bits per heavy atom. The quantitative estimate of drug-likeness (QED) is 0.922. The summed E-state index contributed by atoms with van der Waals surface area (Å²) < 4.78 is 12.9. The van der Waals surface area contributed by atoms with Gasteiger partial charge < -0.3 is 10.2 Å². The molecule has 0 spiro atoms. The van der Waals surface area contributed by atoms with Gasteiger partial charge in [-0.3, -0.25) is 4.79 Å². The molecule has 2 rings (SSSR count). The van der Waals surface area contributed by atoms with Gasteiger partial charge in [-0.25, -0.2) is 4.39 Å². The Balaban J connectivity index is 2.08. The average molecular weight is 278 g/mol. The normalized spacial score (nSPS) is 23.1. The van der Waals surface area contributed by atoms with Gasteiger partial charge in [0.25, 0.3) is 5.91 Å². The molecule has 1 fully saturated rings. The van der Waals surface area contributed by atoms with Crippen molar-refractivity contribution in [2.24, 2.45) is 5.92 Å². The summed E-state index contributed by atoms with van der Waals surface area (Å²) in [5.74, 6) is 0.282. The minimum atomic E-state index is -0.312. The van der Waals surface area contributed by atoms with Gasteiger partial charge in [0.2, 0.25) is 0 Å². The highest BCUT2D eigenvalue weighted by Gasteiger charge is 2.29. The highest BCUT2D eigenvalue weighted by atomic mass is 19.1. The zero-order valence-corrected chi connectivity index (χ0v) is 12.4. The van der Waals surface area contributed by atoms with Gasteiger partial charge in [0.15, 0.2) is 0 Å². The van der Waals surface area contributed by atoms with E-state index in [1.165, 1.54) is 12.1 Å². The van der Waals surface area contributed by atoms with Crippen LogP contribution in [-0.4, -0.2) is 36.0 Å². The van der Waals surface area contributed by atoms with Gasteiger partial charge in [-0.1, -0.05) is 13.8 Å². The molecule has 0 aliphatic carbocycles. The molecule has 1 saturated heterocycles. The molecule has 20 heavy (non-hydrogen) atoms. The van der Waals surface area contributed by atoms with Crippen molar-refractivity contribution in [3.8, 4) is 0 Å². The maximum absolute atomic E-state index is 12.9. The molecular formula is C16H23FN2O. The molecule has 1 amide bonds. The van der Waals surface area contributed by atoms with E-state index in [2.05, 4.69) is 19.2 Å². The van der Waals surface area contributed by atoms with Crippen LogP contribution in [0.2, 0.25) is 0 Å². The number of nitrogens with one attached hydrogen (secondary N) is 1. The molecule has 0 radical (unpaired) electrons. The minimum absolute atomic E-state index is 0.00671. The van der Waals surface area contributed by atoms with Gasteiger partial charge >= 0.3 is 0 Å². The van der Waals surface area contributed by atoms with Crippen molar-refractivity contribution in [2.75, 3.05) is 13.1 Å². The van der Waals surface area contributed by atoms with Crippen molar-refractivity contribution in [3.63, 3.8) is 0 Å². The van der Waals surface area contributed by atoms with E-state index in [0.717, 1.165) is 19.5 Å². The van der Waals surface area contributed by atoms with Crippen molar-refractivity contribution < 1.29 is 9.18 Å². The third kappa shape index (κ3) is 3.57. The standard InChI is InChI=1S/C16H23FN2O/c1-11(2)8-15-10-19(12(3)9-18-15)16(20)13-4-6-14(17)7-5-13/h4-7,11-12,15,18H,8-10H2,1-3H3. The van der Waals surface area contributed by atoms with Crippen LogP contribution >= 0.6 is 0 Å².